The van der Waals surface area contributed by atoms with Crippen LogP contribution in [0.2, 0.25) is 0 Å². The summed E-state index contributed by atoms with van der Waals surface area (Å²) in [7, 11) is 0. The molecule has 1 saturated heterocycles. The molecule has 0 aromatic heterocycles. The molecule has 1 aliphatic rings. The van der Waals surface area contributed by atoms with Gasteiger partial charge in [-0.25, -0.2) is 0 Å². The molecule has 0 saturated carbocycles. The SMILES string of the molecule is CCCCC(CC)CN1CCNCC1CC. The second-order valence-electron chi connectivity index (χ2n) is 5.18. The third kappa shape index (κ3) is 4.42. The molecule has 0 aromatic rings. The Morgan fingerprint density at radius 2 is 2.12 bits per heavy atom. The van der Waals surface area contributed by atoms with Crippen LogP contribution in [-0.2, 0) is 0 Å². The fourth-order valence-electron chi connectivity index (χ4n) is 2.69. The van der Waals surface area contributed by atoms with Crippen LogP contribution < -0.4 is 5.32 Å². The average molecular weight is 226 g/mol. The Morgan fingerprint density at radius 3 is 2.75 bits per heavy atom. The summed E-state index contributed by atoms with van der Waals surface area (Å²) in [5.41, 5.74) is 0. The van der Waals surface area contributed by atoms with Crippen LogP contribution in [-0.4, -0.2) is 37.1 Å². The summed E-state index contributed by atoms with van der Waals surface area (Å²) in [6.07, 6.45) is 6.81. The van der Waals surface area contributed by atoms with Crippen LogP contribution in [0, 0.1) is 5.92 Å². The summed E-state index contributed by atoms with van der Waals surface area (Å²) in [5, 5.41) is 3.51. The van der Waals surface area contributed by atoms with Crippen molar-refractivity contribution in [3.63, 3.8) is 0 Å². The quantitative estimate of drug-likeness (QED) is 0.718. The lowest BCUT2D eigenvalue weighted by molar-refractivity contribution is 0.128. The number of hydrogen-bond donors (Lipinski definition) is 1. The predicted octanol–water partition coefficient (Wildman–Crippen LogP) is 2.89. The van der Waals surface area contributed by atoms with Crippen molar-refractivity contribution in [3.05, 3.63) is 0 Å². The minimum Gasteiger partial charge on any atom is -0.314 e. The second kappa shape index (κ2) is 8.08. The molecule has 96 valence electrons. The van der Waals surface area contributed by atoms with E-state index in [1.54, 1.807) is 0 Å². The van der Waals surface area contributed by atoms with Crippen molar-refractivity contribution in [3.8, 4) is 0 Å². The maximum atomic E-state index is 3.51. The van der Waals surface area contributed by atoms with E-state index >= 15 is 0 Å². The van der Waals surface area contributed by atoms with Gasteiger partial charge in [-0.3, -0.25) is 4.90 Å². The van der Waals surface area contributed by atoms with Crippen molar-refractivity contribution >= 4 is 0 Å². The van der Waals surface area contributed by atoms with E-state index in [2.05, 4.69) is 31.0 Å². The van der Waals surface area contributed by atoms with Crippen LogP contribution in [0.25, 0.3) is 0 Å². The lowest BCUT2D eigenvalue weighted by atomic mass is 9.97. The van der Waals surface area contributed by atoms with E-state index in [1.165, 1.54) is 58.3 Å². The average Bonchev–Trinajstić information content (AvgIpc) is 2.34. The van der Waals surface area contributed by atoms with Gasteiger partial charge in [0.15, 0.2) is 0 Å². The molecule has 0 amide bonds. The van der Waals surface area contributed by atoms with E-state index in [4.69, 9.17) is 0 Å². The number of rotatable bonds is 7. The molecular formula is C14H30N2. The van der Waals surface area contributed by atoms with Crippen molar-refractivity contribution in [1.82, 2.24) is 10.2 Å². The van der Waals surface area contributed by atoms with Crippen LogP contribution in [0.4, 0.5) is 0 Å². The van der Waals surface area contributed by atoms with Gasteiger partial charge in [0.2, 0.25) is 0 Å². The fourth-order valence-corrected chi connectivity index (χ4v) is 2.69. The van der Waals surface area contributed by atoms with Crippen LogP contribution >= 0.6 is 0 Å². The number of hydrogen-bond acceptors (Lipinski definition) is 2. The van der Waals surface area contributed by atoms with Gasteiger partial charge in [0.25, 0.3) is 0 Å². The standard InChI is InChI=1S/C14H30N2/c1-4-7-8-13(5-2)12-16-10-9-15-11-14(16)6-3/h13-15H,4-12H2,1-3H3. The van der Waals surface area contributed by atoms with E-state index in [0.717, 1.165) is 12.0 Å². The normalized spacial score (nSPS) is 24.6. The largest absolute Gasteiger partial charge is 0.314 e. The second-order valence-corrected chi connectivity index (χ2v) is 5.18. The number of nitrogens with zero attached hydrogens (tertiary/aromatic N) is 1. The van der Waals surface area contributed by atoms with Gasteiger partial charge < -0.3 is 5.32 Å². The minimum absolute atomic E-state index is 0.782. The van der Waals surface area contributed by atoms with Gasteiger partial charge in [0.1, 0.15) is 0 Å². The fraction of sp³-hybridized carbons (Fsp3) is 1.00. The zero-order valence-electron chi connectivity index (χ0n) is 11.5. The Morgan fingerprint density at radius 1 is 1.31 bits per heavy atom. The first-order valence-electron chi connectivity index (χ1n) is 7.26. The predicted molar refractivity (Wildman–Crippen MR) is 71.8 cm³/mol. The van der Waals surface area contributed by atoms with Gasteiger partial charge >= 0.3 is 0 Å². The molecule has 1 N–H and O–H groups in total. The summed E-state index contributed by atoms with van der Waals surface area (Å²) >= 11 is 0. The molecule has 1 fully saturated rings. The number of piperazine rings is 1. The molecule has 2 atom stereocenters. The molecule has 0 bridgehead atoms. The van der Waals surface area contributed by atoms with Gasteiger partial charge in [-0.05, 0) is 18.8 Å². The van der Waals surface area contributed by atoms with Gasteiger partial charge in [-0.15, -0.1) is 0 Å². The molecule has 1 heterocycles. The molecule has 1 aliphatic heterocycles. The minimum atomic E-state index is 0.782. The van der Waals surface area contributed by atoms with Gasteiger partial charge in [-0.1, -0.05) is 40.0 Å². The summed E-state index contributed by atoms with van der Waals surface area (Å²) in [6, 6.07) is 0.782. The van der Waals surface area contributed by atoms with Crippen LogP contribution in [0.5, 0.6) is 0 Å². The Hall–Kier alpha value is -0.0800. The molecule has 0 aromatic carbocycles. The first-order chi connectivity index (χ1) is 7.81. The highest BCUT2D eigenvalue weighted by Gasteiger charge is 2.22. The Labute approximate surface area is 102 Å². The first-order valence-corrected chi connectivity index (χ1v) is 7.26. The molecule has 2 nitrogen and oxygen atoms in total. The summed E-state index contributed by atoms with van der Waals surface area (Å²) in [6.45, 7) is 11.9. The van der Waals surface area contributed by atoms with E-state index < -0.39 is 0 Å². The van der Waals surface area contributed by atoms with Gasteiger partial charge in [0.05, 0.1) is 0 Å². The van der Waals surface area contributed by atoms with Crippen molar-refractivity contribution in [2.75, 3.05) is 26.2 Å². The molecule has 2 heteroatoms. The third-order valence-corrected chi connectivity index (χ3v) is 3.98. The Kier molecular flexibility index (Phi) is 7.06. The van der Waals surface area contributed by atoms with Crippen molar-refractivity contribution in [1.29, 1.82) is 0 Å². The maximum Gasteiger partial charge on any atom is 0.0218 e. The molecule has 1 rings (SSSR count). The van der Waals surface area contributed by atoms with Gasteiger partial charge in [-0.2, -0.15) is 0 Å². The monoisotopic (exact) mass is 226 g/mol. The molecular weight excluding hydrogens is 196 g/mol. The topological polar surface area (TPSA) is 15.3 Å². The zero-order chi connectivity index (χ0) is 11.8. The smallest absolute Gasteiger partial charge is 0.0218 e. The van der Waals surface area contributed by atoms with Crippen LogP contribution in [0.15, 0.2) is 0 Å². The zero-order valence-corrected chi connectivity index (χ0v) is 11.5. The highest BCUT2D eigenvalue weighted by molar-refractivity contribution is 4.80. The van der Waals surface area contributed by atoms with Gasteiger partial charge in [0, 0.05) is 32.2 Å². The van der Waals surface area contributed by atoms with Crippen molar-refractivity contribution < 1.29 is 0 Å². The molecule has 0 aliphatic carbocycles. The van der Waals surface area contributed by atoms with Crippen LogP contribution in [0.3, 0.4) is 0 Å². The third-order valence-electron chi connectivity index (χ3n) is 3.98. The summed E-state index contributed by atoms with van der Waals surface area (Å²) < 4.78 is 0. The highest BCUT2D eigenvalue weighted by Crippen LogP contribution is 2.17. The van der Waals surface area contributed by atoms with E-state index in [9.17, 15) is 0 Å². The maximum absolute atomic E-state index is 3.51. The lowest BCUT2D eigenvalue weighted by Gasteiger charge is -2.37. The number of unbranched alkanes of at least 4 members (excludes halogenated alkanes) is 1. The van der Waals surface area contributed by atoms with Crippen molar-refractivity contribution in [2.45, 2.75) is 58.9 Å². The Bertz CT molecular complexity index is 170. The first kappa shape index (κ1) is 14.0. The molecule has 0 spiro atoms. The summed E-state index contributed by atoms with van der Waals surface area (Å²) in [5.74, 6) is 0.923. The molecule has 16 heavy (non-hydrogen) atoms. The number of nitrogens with one attached hydrogen (secondary N) is 1. The summed E-state index contributed by atoms with van der Waals surface area (Å²) in [4.78, 5) is 2.72. The Balaban J connectivity index is 2.35. The van der Waals surface area contributed by atoms with E-state index in [0.29, 0.717) is 0 Å². The van der Waals surface area contributed by atoms with E-state index in [1.807, 2.05) is 0 Å². The highest BCUT2D eigenvalue weighted by atomic mass is 15.2. The van der Waals surface area contributed by atoms with E-state index in [-0.39, 0.29) is 0 Å². The van der Waals surface area contributed by atoms with Crippen molar-refractivity contribution in [2.24, 2.45) is 5.92 Å². The molecule has 2 unspecified atom stereocenters. The molecule has 0 radical (unpaired) electrons. The lowest BCUT2D eigenvalue weighted by Crippen LogP contribution is -2.52. The van der Waals surface area contributed by atoms with Crippen LogP contribution in [0.1, 0.15) is 52.9 Å².